The first-order valence-electron chi connectivity index (χ1n) is 7.45. The summed E-state index contributed by atoms with van der Waals surface area (Å²) in [6, 6.07) is 5.33. The third-order valence-electron chi connectivity index (χ3n) is 3.65. The normalized spacial score (nSPS) is 17.0. The number of carboxylic acids is 1. The quantitative estimate of drug-likeness (QED) is 0.355. The molecule has 0 fully saturated rings. The van der Waals surface area contributed by atoms with Crippen LogP contribution in [0.4, 0.5) is 5.69 Å². The van der Waals surface area contributed by atoms with Gasteiger partial charge in [0, 0.05) is 30.8 Å². The summed E-state index contributed by atoms with van der Waals surface area (Å²) in [5, 5.41) is 13.0. The Labute approximate surface area is 140 Å². The van der Waals surface area contributed by atoms with E-state index in [2.05, 4.69) is 5.16 Å². The maximum absolute atomic E-state index is 11.0. The molecule has 7 heteroatoms. The van der Waals surface area contributed by atoms with Crippen LogP contribution in [0.1, 0.15) is 18.9 Å². The molecule has 0 aliphatic carbocycles. The van der Waals surface area contributed by atoms with E-state index < -0.39 is 5.97 Å². The van der Waals surface area contributed by atoms with Gasteiger partial charge in [0.1, 0.15) is 11.9 Å². The number of hydrogen-bond donors (Lipinski definition) is 1. The van der Waals surface area contributed by atoms with Crippen molar-refractivity contribution in [3.63, 3.8) is 0 Å². The van der Waals surface area contributed by atoms with Crippen LogP contribution < -0.4 is 9.64 Å². The van der Waals surface area contributed by atoms with Crippen LogP contribution in [-0.2, 0) is 14.4 Å². The fourth-order valence-electron chi connectivity index (χ4n) is 2.40. The van der Waals surface area contributed by atoms with Crippen LogP contribution in [0.5, 0.6) is 5.75 Å². The van der Waals surface area contributed by atoms with Gasteiger partial charge < -0.3 is 19.6 Å². The van der Waals surface area contributed by atoms with Crippen molar-refractivity contribution in [1.82, 2.24) is 0 Å². The Morgan fingerprint density at radius 2 is 2.29 bits per heavy atom. The second-order valence-corrected chi connectivity index (χ2v) is 5.58. The largest absolute Gasteiger partial charge is 0.496 e. The van der Waals surface area contributed by atoms with Crippen molar-refractivity contribution in [3.05, 3.63) is 29.3 Å². The number of hydrogen-bond acceptors (Lipinski definition) is 6. The van der Waals surface area contributed by atoms with Crippen molar-refractivity contribution in [1.29, 1.82) is 0 Å². The van der Waals surface area contributed by atoms with E-state index in [-0.39, 0.29) is 11.7 Å². The molecule has 0 bridgehead atoms. The molecular weight excluding hydrogens is 312 g/mol. The van der Waals surface area contributed by atoms with Gasteiger partial charge in [-0.3, -0.25) is 4.79 Å². The van der Waals surface area contributed by atoms with Gasteiger partial charge in [0.25, 0.3) is 0 Å². The average molecular weight is 332 g/mol. The molecule has 0 amide bonds. The number of aliphatic carboxylic acids is 1. The number of aldehydes is 1. The molecule has 0 aromatic heterocycles. The standard InChI is InChI=1S/C17H20N2O5/c1-11-6-14(18-24-11)9-19(2)15-5-4-12(16(8-15)23-3)7-13(10-20)17(21)22/h4-5,7-8,10-11H,6,9H2,1-3H3,(H,21,22)/b13-7+. The van der Waals surface area contributed by atoms with E-state index in [9.17, 15) is 9.59 Å². The molecule has 0 saturated carbocycles. The third kappa shape index (κ3) is 4.13. The summed E-state index contributed by atoms with van der Waals surface area (Å²) in [5.74, 6) is -0.792. The Morgan fingerprint density at radius 1 is 1.54 bits per heavy atom. The number of oxime groups is 1. The van der Waals surface area contributed by atoms with E-state index in [4.69, 9.17) is 14.7 Å². The molecule has 1 N–H and O–H groups in total. The van der Waals surface area contributed by atoms with Gasteiger partial charge in [-0.2, -0.15) is 0 Å². The summed E-state index contributed by atoms with van der Waals surface area (Å²) < 4.78 is 5.31. The van der Waals surface area contributed by atoms with Crippen LogP contribution in [0.25, 0.3) is 6.08 Å². The number of carboxylic acid groups (broad SMARTS) is 1. The number of carbonyl (C=O) groups excluding carboxylic acids is 1. The van der Waals surface area contributed by atoms with Crippen LogP contribution >= 0.6 is 0 Å². The predicted molar refractivity (Wildman–Crippen MR) is 90.5 cm³/mol. The Balaban J connectivity index is 2.22. The highest BCUT2D eigenvalue weighted by atomic mass is 16.6. The molecule has 24 heavy (non-hydrogen) atoms. The van der Waals surface area contributed by atoms with Crippen LogP contribution in [0.3, 0.4) is 0 Å². The molecular formula is C17H20N2O5. The van der Waals surface area contributed by atoms with Gasteiger partial charge in [-0.25, -0.2) is 4.79 Å². The summed E-state index contributed by atoms with van der Waals surface area (Å²) in [6.07, 6.45) is 2.49. The minimum atomic E-state index is -1.28. The van der Waals surface area contributed by atoms with Gasteiger partial charge >= 0.3 is 5.97 Å². The molecule has 128 valence electrons. The summed E-state index contributed by atoms with van der Waals surface area (Å²) in [5.41, 5.74) is 2.03. The maximum atomic E-state index is 11.0. The fourth-order valence-corrected chi connectivity index (χ4v) is 2.40. The van der Waals surface area contributed by atoms with E-state index in [1.165, 1.54) is 13.2 Å². The molecule has 7 nitrogen and oxygen atoms in total. The lowest BCUT2D eigenvalue weighted by Crippen LogP contribution is -2.25. The first-order valence-corrected chi connectivity index (χ1v) is 7.45. The second kappa shape index (κ2) is 7.63. The van der Waals surface area contributed by atoms with Crippen molar-refractivity contribution in [3.8, 4) is 5.75 Å². The van der Waals surface area contributed by atoms with Crippen molar-refractivity contribution in [2.45, 2.75) is 19.4 Å². The van der Waals surface area contributed by atoms with Gasteiger partial charge in [-0.05, 0) is 25.1 Å². The number of nitrogens with zero attached hydrogens (tertiary/aromatic N) is 2. The number of rotatable bonds is 7. The predicted octanol–water partition coefficient (Wildman–Crippen LogP) is 1.96. The lowest BCUT2D eigenvalue weighted by atomic mass is 10.1. The highest BCUT2D eigenvalue weighted by Crippen LogP contribution is 2.27. The van der Waals surface area contributed by atoms with E-state index in [0.717, 1.165) is 17.8 Å². The molecule has 1 aliphatic heterocycles. The number of methoxy groups -OCH3 is 1. The smallest absolute Gasteiger partial charge is 0.339 e. The Hall–Kier alpha value is -2.83. The highest BCUT2D eigenvalue weighted by Gasteiger charge is 2.18. The molecule has 0 saturated heterocycles. The maximum Gasteiger partial charge on any atom is 0.339 e. The van der Waals surface area contributed by atoms with E-state index in [0.29, 0.717) is 24.1 Å². The zero-order chi connectivity index (χ0) is 17.7. The van der Waals surface area contributed by atoms with Crippen LogP contribution in [0.2, 0.25) is 0 Å². The second-order valence-electron chi connectivity index (χ2n) is 5.58. The van der Waals surface area contributed by atoms with Crippen LogP contribution in [0, 0.1) is 0 Å². The SMILES string of the molecule is COc1cc(N(C)CC2=NOC(C)C2)ccc1/C=C(\C=O)C(=O)O. The van der Waals surface area contributed by atoms with Crippen molar-refractivity contribution in [2.24, 2.45) is 5.16 Å². The minimum Gasteiger partial charge on any atom is -0.496 e. The molecule has 1 aliphatic rings. The summed E-state index contributed by atoms with van der Waals surface area (Å²) in [4.78, 5) is 29.0. The van der Waals surface area contributed by atoms with Gasteiger partial charge in [0.15, 0.2) is 6.29 Å². The number of carbonyl (C=O) groups is 2. The zero-order valence-corrected chi connectivity index (χ0v) is 13.9. The summed E-state index contributed by atoms with van der Waals surface area (Å²) >= 11 is 0. The van der Waals surface area contributed by atoms with E-state index >= 15 is 0 Å². The lowest BCUT2D eigenvalue weighted by Gasteiger charge is -2.20. The first-order chi connectivity index (χ1) is 11.4. The number of anilines is 1. The number of benzene rings is 1. The molecule has 1 atom stereocenters. The molecule has 1 aromatic rings. The fraction of sp³-hybridized carbons (Fsp3) is 0.353. The molecule has 1 heterocycles. The Kier molecular flexibility index (Phi) is 5.57. The van der Waals surface area contributed by atoms with Gasteiger partial charge in [0.05, 0.1) is 24.9 Å². The number of ether oxygens (including phenoxy) is 1. The Bertz CT molecular complexity index is 696. The van der Waals surface area contributed by atoms with Crippen LogP contribution in [-0.4, -0.2) is 49.9 Å². The van der Waals surface area contributed by atoms with Crippen molar-refractivity contribution < 1.29 is 24.3 Å². The average Bonchev–Trinajstić information content (AvgIpc) is 2.97. The zero-order valence-electron chi connectivity index (χ0n) is 13.9. The summed E-state index contributed by atoms with van der Waals surface area (Å²) in [7, 11) is 3.41. The van der Waals surface area contributed by atoms with E-state index in [1.807, 2.05) is 24.9 Å². The Morgan fingerprint density at radius 3 is 2.83 bits per heavy atom. The van der Waals surface area contributed by atoms with Gasteiger partial charge in [-0.1, -0.05) is 5.16 Å². The van der Waals surface area contributed by atoms with Gasteiger partial charge in [-0.15, -0.1) is 0 Å². The first kappa shape index (κ1) is 17.5. The van der Waals surface area contributed by atoms with Crippen LogP contribution in [0.15, 0.2) is 28.9 Å². The topological polar surface area (TPSA) is 88.4 Å². The minimum absolute atomic E-state index is 0.105. The summed E-state index contributed by atoms with van der Waals surface area (Å²) in [6.45, 7) is 2.59. The van der Waals surface area contributed by atoms with E-state index in [1.54, 1.807) is 12.1 Å². The molecule has 1 aromatic carbocycles. The molecule has 0 radical (unpaired) electrons. The molecule has 0 spiro atoms. The highest BCUT2D eigenvalue weighted by molar-refractivity contribution is 6.11. The third-order valence-corrected chi connectivity index (χ3v) is 3.65. The van der Waals surface area contributed by atoms with Crippen molar-refractivity contribution in [2.75, 3.05) is 25.6 Å². The lowest BCUT2D eigenvalue weighted by molar-refractivity contribution is -0.133. The van der Waals surface area contributed by atoms with Crippen molar-refractivity contribution >= 4 is 29.7 Å². The van der Waals surface area contributed by atoms with Gasteiger partial charge in [0.2, 0.25) is 0 Å². The monoisotopic (exact) mass is 332 g/mol. The molecule has 1 unspecified atom stereocenters. The molecule has 2 rings (SSSR count).